The van der Waals surface area contributed by atoms with Crippen LogP contribution in [0.3, 0.4) is 0 Å². The van der Waals surface area contributed by atoms with Crippen molar-refractivity contribution in [3.05, 3.63) is 0 Å². The molecule has 1 aliphatic heterocycles. The van der Waals surface area contributed by atoms with E-state index >= 15 is 0 Å². The Morgan fingerprint density at radius 1 is 1.20 bits per heavy atom. The van der Waals surface area contributed by atoms with Crippen molar-refractivity contribution in [2.24, 2.45) is 0 Å². The van der Waals surface area contributed by atoms with Crippen LogP contribution in [0, 0.1) is 0 Å². The Morgan fingerprint density at radius 2 is 1.95 bits per heavy atom. The van der Waals surface area contributed by atoms with Crippen LogP contribution in [0.5, 0.6) is 0 Å². The van der Waals surface area contributed by atoms with Gasteiger partial charge in [-0.3, -0.25) is 0 Å². The molecule has 0 radical (unpaired) electrons. The summed E-state index contributed by atoms with van der Waals surface area (Å²) in [5.41, 5.74) is -0.168. The number of rotatable bonds is 7. The van der Waals surface area contributed by atoms with E-state index in [0.29, 0.717) is 6.54 Å². The van der Waals surface area contributed by atoms with E-state index in [9.17, 15) is 8.42 Å². The molecular weight excluding hydrogens is 274 g/mol. The van der Waals surface area contributed by atoms with Gasteiger partial charge in [0, 0.05) is 24.7 Å². The van der Waals surface area contributed by atoms with Crippen molar-refractivity contribution in [1.29, 1.82) is 0 Å². The maximum atomic E-state index is 12.7. The minimum atomic E-state index is -3.35. The molecule has 1 saturated carbocycles. The van der Waals surface area contributed by atoms with E-state index in [1.807, 2.05) is 0 Å². The largest absolute Gasteiger partial charge is 0.315 e. The van der Waals surface area contributed by atoms with Gasteiger partial charge in [-0.25, -0.2) is 0 Å². The maximum absolute atomic E-state index is 12.7. The second-order valence-corrected chi connectivity index (χ2v) is 7.79. The van der Waals surface area contributed by atoms with Crippen molar-refractivity contribution in [2.45, 2.75) is 70.4 Å². The maximum Gasteiger partial charge on any atom is 0.280 e. The first-order chi connectivity index (χ1) is 9.53. The van der Waals surface area contributed by atoms with Gasteiger partial charge < -0.3 is 5.32 Å². The van der Waals surface area contributed by atoms with Crippen molar-refractivity contribution >= 4 is 10.2 Å². The minimum absolute atomic E-state index is 0.107. The molecule has 2 rings (SSSR count). The third-order valence-corrected chi connectivity index (χ3v) is 6.63. The standard InChI is InChI=1S/C14H29N3O2S/c1-3-14(9-7-10-14)16-20(18,19)17-11-6-5-8-13(17)12-15-4-2/h13,15-16H,3-12H2,1-2H3. The molecular formula is C14H29N3O2S. The zero-order valence-electron chi connectivity index (χ0n) is 12.8. The van der Waals surface area contributed by atoms with Crippen LogP contribution in [0.1, 0.15) is 58.8 Å². The molecule has 0 spiro atoms. The quantitative estimate of drug-likeness (QED) is 0.751. The fourth-order valence-electron chi connectivity index (χ4n) is 3.27. The van der Waals surface area contributed by atoms with Gasteiger partial charge in [-0.05, 0) is 45.1 Å². The van der Waals surface area contributed by atoms with E-state index in [1.165, 1.54) is 0 Å². The number of nitrogens with one attached hydrogen (secondary N) is 2. The summed E-state index contributed by atoms with van der Waals surface area (Å²) < 4.78 is 30.1. The second kappa shape index (κ2) is 6.73. The van der Waals surface area contributed by atoms with Gasteiger partial charge in [-0.1, -0.05) is 20.3 Å². The summed E-state index contributed by atoms with van der Waals surface area (Å²) in [5, 5.41) is 3.29. The molecule has 0 aromatic heterocycles. The lowest BCUT2D eigenvalue weighted by atomic mass is 9.76. The van der Waals surface area contributed by atoms with Gasteiger partial charge in [0.05, 0.1) is 0 Å². The molecule has 2 fully saturated rings. The number of hydrogen-bond acceptors (Lipinski definition) is 3. The summed E-state index contributed by atoms with van der Waals surface area (Å²) >= 11 is 0. The lowest BCUT2D eigenvalue weighted by molar-refractivity contribution is 0.194. The Labute approximate surface area is 123 Å². The van der Waals surface area contributed by atoms with Gasteiger partial charge in [-0.15, -0.1) is 0 Å². The zero-order chi connectivity index (χ0) is 14.6. The highest BCUT2D eigenvalue weighted by molar-refractivity contribution is 7.87. The Kier molecular flexibility index (Phi) is 5.45. The normalized spacial score (nSPS) is 27.2. The van der Waals surface area contributed by atoms with E-state index in [2.05, 4.69) is 23.9 Å². The van der Waals surface area contributed by atoms with E-state index in [1.54, 1.807) is 4.31 Å². The fraction of sp³-hybridized carbons (Fsp3) is 1.00. The first-order valence-corrected chi connectivity index (χ1v) is 9.48. The SMILES string of the molecule is CCNCC1CCCCN1S(=O)(=O)NC1(CC)CCC1. The lowest BCUT2D eigenvalue weighted by Gasteiger charge is -2.44. The molecule has 6 heteroatoms. The highest BCUT2D eigenvalue weighted by Gasteiger charge is 2.42. The van der Waals surface area contributed by atoms with Crippen LogP contribution in [0.4, 0.5) is 0 Å². The van der Waals surface area contributed by atoms with E-state index in [-0.39, 0.29) is 11.6 Å². The molecule has 20 heavy (non-hydrogen) atoms. The highest BCUT2D eigenvalue weighted by Crippen LogP contribution is 2.36. The first kappa shape index (κ1) is 16.2. The average molecular weight is 303 g/mol. The first-order valence-electron chi connectivity index (χ1n) is 8.04. The Balaban J connectivity index is 2.05. The van der Waals surface area contributed by atoms with Crippen LogP contribution in [0.15, 0.2) is 0 Å². The van der Waals surface area contributed by atoms with E-state index in [4.69, 9.17) is 0 Å². The lowest BCUT2D eigenvalue weighted by Crippen LogP contribution is -2.60. The molecule has 5 nitrogen and oxygen atoms in total. The molecule has 0 bridgehead atoms. The summed E-state index contributed by atoms with van der Waals surface area (Å²) in [6.45, 7) is 6.44. The molecule has 0 aromatic carbocycles. The Bertz CT molecular complexity index is 401. The molecule has 1 saturated heterocycles. The van der Waals surface area contributed by atoms with Crippen molar-refractivity contribution < 1.29 is 8.42 Å². The van der Waals surface area contributed by atoms with Crippen molar-refractivity contribution in [2.75, 3.05) is 19.6 Å². The van der Waals surface area contributed by atoms with Gasteiger partial charge in [0.25, 0.3) is 10.2 Å². The van der Waals surface area contributed by atoms with Crippen molar-refractivity contribution in [3.63, 3.8) is 0 Å². The molecule has 1 atom stereocenters. The Hall–Kier alpha value is -0.170. The van der Waals surface area contributed by atoms with Gasteiger partial charge in [-0.2, -0.15) is 17.4 Å². The second-order valence-electron chi connectivity index (χ2n) is 6.16. The van der Waals surface area contributed by atoms with E-state index in [0.717, 1.165) is 58.0 Å². The smallest absolute Gasteiger partial charge is 0.280 e. The van der Waals surface area contributed by atoms with Gasteiger partial charge in [0.1, 0.15) is 0 Å². The third kappa shape index (κ3) is 3.53. The van der Waals surface area contributed by atoms with Crippen LogP contribution in [0.2, 0.25) is 0 Å². The third-order valence-electron chi connectivity index (χ3n) is 4.84. The van der Waals surface area contributed by atoms with Crippen LogP contribution in [-0.2, 0) is 10.2 Å². The summed E-state index contributed by atoms with van der Waals surface area (Å²) in [4.78, 5) is 0. The Morgan fingerprint density at radius 3 is 2.50 bits per heavy atom. The summed E-state index contributed by atoms with van der Waals surface area (Å²) in [5.74, 6) is 0. The van der Waals surface area contributed by atoms with Crippen LogP contribution >= 0.6 is 0 Å². The molecule has 1 unspecified atom stereocenters. The predicted octanol–water partition coefficient (Wildman–Crippen LogP) is 1.62. The highest BCUT2D eigenvalue weighted by atomic mass is 32.2. The molecule has 2 N–H and O–H groups in total. The number of piperidine rings is 1. The minimum Gasteiger partial charge on any atom is -0.315 e. The van der Waals surface area contributed by atoms with Crippen LogP contribution in [0.25, 0.3) is 0 Å². The van der Waals surface area contributed by atoms with Gasteiger partial charge >= 0.3 is 0 Å². The van der Waals surface area contributed by atoms with Crippen molar-refractivity contribution in [1.82, 2.24) is 14.3 Å². The number of likely N-dealkylation sites (N-methyl/N-ethyl adjacent to an activating group) is 1. The van der Waals surface area contributed by atoms with Crippen molar-refractivity contribution in [3.8, 4) is 0 Å². The number of nitrogens with zero attached hydrogens (tertiary/aromatic N) is 1. The average Bonchev–Trinajstić information content (AvgIpc) is 2.41. The molecule has 0 amide bonds. The summed E-state index contributed by atoms with van der Waals surface area (Å²) in [6.07, 6.45) is 7.05. The van der Waals surface area contributed by atoms with E-state index < -0.39 is 10.2 Å². The molecule has 1 heterocycles. The molecule has 118 valence electrons. The fourth-order valence-corrected chi connectivity index (χ4v) is 5.22. The molecule has 1 aliphatic carbocycles. The topological polar surface area (TPSA) is 61.4 Å². The summed E-state index contributed by atoms with van der Waals surface area (Å²) in [7, 11) is -3.35. The summed E-state index contributed by atoms with van der Waals surface area (Å²) in [6, 6.07) is 0.107. The number of hydrogen-bond donors (Lipinski definition) is 2. The molecule has 0 aromatic rings. The van der Waals surface area contributed by atoms with Gasteiger partial charge in [0.15, 0.2) is 0 Å². The zero-order valence-corrected chi connectivity index (χ0v) is 13.6. The van der Waals surface area contributed by atoms with Crippen LogP contribution < -0.4 is 10.0 Å². The van der Waals surface area contributed by atoms with Crippen LogP contribution in [-0.4, -0.2) is 43.9 Å². The van der Waals surface area contributed by atoms with Gasteiger partial charge in [0.2, 0.25) is 0 Å². The molecule has 2 aliphatic rings. The monoisotopic (exact) mass is 303 g/mol. The predicted molar refractivity (Wildman–Crippen MR) is 81.8 cm³/mol.